The Hall–Kier alpha value is -3.31. The maximum atomic E-state index is 13.1. The second-order valence-electron chi connectivity index (χ2n) is 6.94. The monoisotopic (exact) mass is 406 g/mol. The number of halogens is 1. The number of phenolic OH excluding ortho intramolecular Hbond substituents is 1. The summed E-state index contributed by atoms with van der Waals surface area (Å²) in [5.41, 5.74) is 2.95. The predicted octanol–water partition coefficient (Wildman–Crippen LogP) is 4.06. The van der Waals surface area contributed by atoms with Crippen molar-refractivity contribution >= 4 is 23.4 Å². The highest BCUT2D eigenvalue weighted by atomic mass is 35.5. The molecule has 1 aliphatic rings. The van der Waals surface area contributed by atoms with E-state index in [0.29, 0.717) is 22.7 Å². The molecule has 0 aliphatic carbocycles. The van der Waals surface area contributed by atoms with Gasteiger partial charge in [0.2, 0.25) is 5.91 Å². The highest BCUT2D eigenvalue weighted by Crippen LogP contribution is 2.35. The first-order valence-corrected chi connectivity index (χ1v) is 9.60. The molecule has 2 amide bonds. The Balaban J connectivity index is 1.59. The van der Waals surface area contributed by atoms with Gasteiger partial charge in [-0.25, -0.2) is 0 Å². The van der Waals surface area contributed by atoms with Crippen molar-refractivity contribution in [3.63, 3.8) is 0 Å². The molecule has 1 unspecified atom stereocenters. The first-order valence-electron chi connectivity index (χ1n) is 9.23. The molecule has 0 saturated heterocycles. The molecular formula is C23H19ClN2O3. The Morgan fingerprint density at radius 2 is 1.76 bits per heavy atom. The Morgan fingerprint density at radius 1 is 1.00 bits per heavy atom. The van der Waals surface area contributed by atoms with Crippen LogP contribution in [0, 0.1) is 0 Å². The van der Waals surface area contributed by atoms with Gasteiger partial charge in [-0.15, -0.1) is 0 Å². The second kappa shape index (κ2) is 7.97. The fourth-order valence-corrected chi connectivity index (χ4v) is 3.76. The van der Waals surface area contributed by atoms with Crippen molar-refractivity contribution in [2.24, 2.45) is 0 Å². The molecule has 0 radical (unpaired) electrons. The summed E-state index contributed by atoms with van der Waals surface area (Å²) >= 11 is 6.08. The average molecular weight is 407 g/mol. The van der Waals surface area contributed by atoms with Crippen molar-refractivity contribution in [2.45, 2.75) is 19.1 Å². The van der Waals surface area contributed by atoms with Crippen molar-refractivity contribution in [1.82, 2.24) is 10.2 Å². The first-order chi connectivity index (χ1) is 14.0. The first kappa shape index (κ1) is 19.0. The van der Waals surface area contributed by atoms with Crippen molar-refractivity contribution in [2.75, 3.05) is 0 Å². The largest absolute Gasteiger partial charge is 0.508 e. The van der Waals surface area contributed by atoms with Crippen LogP contribution in [0.3, 0.4) is 0 Å². The zero-order valence-electron chi connectivity index (χ0n) is 15.5. The van der Waals surface area contributed by atoms with Gasteiger partial charge in [-0.1, -0.05) is 54.1 Å². The van der Waals surface area contributed by atoms with E-state index in [1.54, 1.807) is 53.4 Å². The topological polar surface area (TPSA) is 69.6 Å². The lowest BCUT2D eigenvalue weighted by Crippen LogP contribution is -2.38. The third kappa shape index (κ3) is 3.96. The number of phenols is 1. The quantitative estimate of drug-likeness (QED) is 0.671. The van der Waals surface area contributed by atoms with E-state index in [4.69, 9.17) is 11.6 Å². The van der Waals surface area contributed by atoms with E-state index in [9.17, 15) is 14.7 Å². The molecule has 2 N–H and O–H groups in total. The molecule has 0 saturated carbocycles. The number of hydrogen-bond acceptors (Lipinski definition) is 3. The minimum absolute atomic E-state index is 0.170. The van der Waals surface area contributed by atoms with Gasteiger partial charge in [-0.05, 0) is 47.0 Å². The van der Waals surface area contributed by atoms with Crippen LogP contribution in [-0.2, 0) is 17.9 Å². The van der Waals surface area contributed by atoms with Crippen LogP contribution in [0.1, 0.15) is 33.1 Å². The van der Waals surface area contributed by atoms with Gasteiger partial charge in [0, 0.05) is 23.7 Å². The molecule has 3 aromatic rings. The zero-order chi connectivity index (χ0) is 20.4. The molecule has 1 aliphatic heterocycles. The zero-order valence-corrected chi connectivity index (χ0v) is 16.3. The summed E-state index contributed by atoms with van der Waals surface area (Å²) in [6.07, 6.45) is 0. The van der Waals surface area contributed by atoms with E-state index in [1.807, 2.05) is 24.3 Å². The smallest absolute Gasteiger partial charge is 0.255 e. The van der Waals surface area contributed by atoms with Gasteiger partial charge in [0.25, 0.3) is 5.91 Å². The van der Waals surface area contributed by atoms with Crippen LogP contribution < -0.4 is 5.32 Å². The molecule has 6 heteroatoms. The van der Waals surface area contributed by atoms with E-state index in [2.05, 4.69) is 5.32 Å². The number of nitrogens with one attached hydrogen (secondary N) is 1. The van der Waals surface area contributed by atoms with E-state index < -0.39 is 6.04 Å². The number of fused-ring (bicyclic) bond motifs is 1. The van der Waals surface area contributed by atoms with Crippen molar-refractivity contribution < 1.29 is 14.7 Å². The minimum Gasteiger partial charge on any atom is -0.508 e. The molecule has 3 aromatic carbocycles. The maximum Gasteiger partial charge on any atom is 0.255 e. The SMILES string of the molecule is O=C(NCc1ccc(O)cc1)C1c2ccccc2C(=O)N1Cc1cccc(Cl)c1. The Labute approximate surface area is 173 Å². The van der Waals surface area contributed by atoms with Crippen molar-refractivity contribution in [3.8, 4) is 5.75 Å². The molecule has 29 heavy (non-hydrogen) atoms. The van der Waals surface area contributed by atoms with Crippen LogP contribution in [-0.4, -0.2) is 21.8 Å². The number of benzene rings is 3. The highest BCUT2D eigenvalue weighted by molar-refractivity contribution is 6.30. The van der Waals surface area contributed by atoms with Gasteiger partial charge < -0.3 is 15.3 Å². The molecule has 4 rings (SSSR count). The van der Waals surface area contributed by atoms with Gasteiger partial charge in [-0.3, -0.25) is 9.59 Å². The second-order valence-corrected chi connectivity index (χ2v) is 7.37. The summed E-state index contributed by atoms with van der Waals surface area (Å²) in [5.74, 6) is -0.258. The number of amides is 2. The molecule has 146 valence electrons. The normalized spacial score (nSPS) is 15.3. The van der Waals surface area contributed by atoms with E-state index >= 15 is 0 Å². The summed E-state index contributed by atoms with van der Waals surface area (Å²) in [7, 11) is 0. The van der Waals surface area contributed by atoms with Crippen LogP contribution in [0.2, 0.25) is 5.02 Å². The van der Waals surface area contributed by atoms with Crippen LogP contribution in [0.15, 0.2) is 72.8 Å². The molecule has 1 atom stereocenters. The van der Waals surface area contributed by atoms with Crippen LogP contribution in [0.25, 0.3) is 0 Å². The number of aromatic hydroxyl groups is 1. The van der Waals surface area contributed by atoms with Gasteiger partial charge in [0.05, 0.1) is 0 Å². The van der Waals surface area contributed by atoms with Gasteiger partial charge in [-0.2, -0.15) is 0 Å². The maximum absolute atomic E-state index is 13.1. The summed E-state index contributed by atoms with van der Waals surface area (Å²) in [6, 6.07) is 20.4. The predicted molar refractivity (Wildman–Crippen MR) is 110 cm³/mol. The fraction of sp³-hybridized carbons (Fsp3) is 0.130. The Kier molecular flexibility index (Phi) is 5.23. The summed E-state index contributed by atoms with van der Waals surface area (Å²) in [5, 5.41) is 12.9. The number of carbonyl (C=O) groups is 2. The minimum atomic E-state index is -0.713. The summed E-state index contributed by atoms with van der Waals surface area (Å²) < 4.78 is 0. The highest BCUT2D eigenvalue weighted by Gasteiger charge is 2.40. The lowest BCUT2D eigenvalue weighted by Gasteiger charge is -2.25. The number of carbonyl (C=O) groups excluding carboxylic acids is 2. The average Bonchev–Trinajstić information content (AvgIpc) is 2.99. The van der Waals surface area contributed by atoms with Gasteiger partial charge in [0.1, 0.15) is 11.8 Å². The number of rotatable bonds is 5. The standard InChI is InChI=1S/C23H19ClN2O3/c24-17-5-3-4-16(12-17)14-26-21(19-6-1-2-7-20(19)23(26)29)22(28)25-13-15-8-10-18(27)11-9-15/h1-12,21,27H,13-14H2,(H,25,28). The molecule has 0 fully saturated rings. The van der Waals surface area contributed by atoms with E-state index in [-0.39, 0.29) is 24.1 Å². The Morgan fingerprint density at radius 3 is 2.52 bits per heavy atom. The van der Waals surface area contributed by atoms with Crippen LogP contribution in [0.5, 0.6) is 5.75 Å². The van der Waals surface area contributed by atoms with Gasteiger partial charge >= 0.3 is 0 Å². The van der Waals surface area contributed by atoms with Crippen LogP contribution in [0.4, 0.5) is 0 Å². The molecule has 0 spiro atoms. The Bertz CT molecular complexity index is 1070. The van der Waals surface area contributed by atoms with Crippen molar-refractivity contribution in [3.05, 3.63) is 100 Å². The van der Waals surface area contributed by atoms with E-state index in [0.717, 1.165) is 11.1 Å². The van der Waals surface area contributed by atoms with E-state index in [1.165, 1.54) is 0 Å². The third-order valence-corrected chi connectivity index (χ3v) is 5.19. The van der Waals surface area contributed by atoms with Gasteiger partial charge in [0.15, 0.2) is 0 Å². The number of hydrogen-bond donors (Lipinski definition) is 2. The molecule has 0 bridgehead atoms. The number of nitrogens with zero attached hydrogens (tertiary/aromatic N) is 1. The lowest BCUT2D eigenvalue weighted by molar-refractivity contribution is -0.125. The third-order valence-electron chi connectivity index (χ3n) is 4.95. The van der Waals surface area contributed by atoms with Crippen LogP contribution >= 0.6 is 11.6 Å². The fourth-order valence-electron chi connectivity index (χ4n) is 3.55. The molecule has 0 aromatic heterocycles. The summed E-state index contributed by atoms with van der Waals surface area (Å²) in [4.78, 5) is 27.7. The lowest BCUT2D eigenvalue weighted by atomic mass is 10.0. The molecule has 5 nitrogen and oxygen atoms in total. The van der Waals surface area contributed by atoms with Crippen molar-refractivity contribution in [1.29, 1.82) is 0 Å². The molecule has 1 heterocycles. The molecular weight excluding hydrogens is 388 g/mol. The summed E-state index contributed by atoms with van der Waals surface area (Å²) in [6.45, 7) is 0.586.